The number of hydrogen-bond acceptors (Lipinski definition) is 3. The third-order valence-electron chi connectivity index (χ3n) is 5.01. The number of anilines is 1. The lowest BCUT2D eigenvalue weighted by atomic mass is 10.0. The highest BCUT2D eigenvalue weighted by molar-refractivity contribution is 9.10. The van der Waals surface area contributed by atoms with E-state index in [1.165, 1.54) is 5.56 Å². The summed E-state index contributed by atoms with van der Waals surface area (Å²) >= 11 is 5.14. The minimum atomic E-state index is -0.192. The molecule has 3 heterocycles. The molecule has 0 bridgehead atoms. The molecule has 4 aromatic rings. The Kier molecular flexibility index (Phi) is 4.18. The minimum Gasteiger partial charge on any atom is -0.294 e. The monoisotopic (exact) mass is 449 g/mol. The molecule has 0 unspecified atom stereocenters. The first-order chi connectivity index (χ1) is 13.6. The van der Waals surface area contributed by atoms with Crippen LogP contribution in [0.4, 0.5) is 5.69 Å². The molecule has 2 aromatic heterocycles. The Morgan fingerprint density at radius 1 is 1.07 bits per heavy atom. The van der Waals surface area contributed by atoms with Gasteiger partial charge in [-0.1, -0.05) is 51.8 Å². The number of aromatic amines is 1. The van der Waals surface area contributed by atoms with Crippen molar-refractivity contribution in [2.75, 3.05) is 4.90 Å². The molecule has 1 atom stereocenters. The van der Waals surface area contributed by atoms with Gasteiger partial charge < -0.3 is 0 Å². The molecule has 0 saturated carbocycles. The molecule has 0 saturated heterocycles. The van der Waals surface area contributed by atoms with Gasteiger partial charge in [-0.05, 0) is 42.6 Å². The molecule has 6 heteroatoms. The van der Waals surface area contributed by atoms with Crippen LogP contribution in [0.1, 0.15) is 32.5 Å². The summed E-state index contributed by atoms with van der Waals surface area (Å²) in [5, 5.41) is 9.56. The number of aryl methyl sites for hydroxylation is 1. The van der Waals surface area contributed by atoms with Crippen molar-refractivity contribution in [1.29, 1.82) is 0 Å². The molecule has 1 N–H and O–H groups in total. The number of nitrogens with one attached hydrogen (secondary N) is 1. The number of H-pyrrole nitrogens is 1. The third-order valence-corrected chi connectivity index (χ3v) is 6.46. The number of amides is 1. The largest absolute Gasteiger partial charge is 0.294 e. The van der Waals surface area contributed by atoms with Crippen molar-refractivity contribution in [3.05, 3.63) is 92.2 Å². The van der Waals surface area contributed by atoms with Gasteiger partial charge in [0.05, 0.1) is 5.69 Å². The first kappa shape index (κ1) is 17.4. The molecule has 138 valence electrons. The van der Waals surface area contributed by atoms with Gasteiger partial charge in [-0.3, -0.25) is 14.8 Å². The molecule has 0 fully saturated rings. The molecule has 0 radical (unpaired) electrons. The first-order valence-corrected chi connectivity index (χ1v) is 10.6. The van der Waals surface area contributed by atoms with E-state index in [2.05, 4.69) is 32.2 Å². The number of carbonyl (C=O) groups is 1. The number of hydrogen-bond donors (Lipinski definition) is 1. The second kappa shape index (κ2) is 6.72. The summed E-state index contributed by atoms with van der Waals surface area (Å²) in [5.74, 6) is -0.0480. The third kappa shape index (κ3) is 2.72. The van der Waals surface area contributed by atoms with Crippen molar-refractivity contribution in [1.82, 2.24) is 10.2 Å². The summed E-state index contributed by atoms with van der Waals surface area (Å²) in [6.45, 7) is 2.05. The highest BCUT2D eigenvalue weighted by atomic mass is 79.9. The Balaban J connectivity index is 1.70. The normalized spacial score (nSPS) is 15.9. The van der Waals surface area contributed by atoms with E-state index >= 15 is 0 Å². The molecule has 28 heavy (non-hydrogen) atoms. The van der Waals surface area contributed by atoms with Crippen LogP contribution in [0, 0.1) is 6.92 Å². The van der Waals surface area contributed by atoms with Crippen molar-refractivity contribution in [3.8, 4) is 11.3 Å². The van der Waals surface area contributed by atoms with Crippen LogP contribution >= 0.6 is 27.3 Å². The first-order valence-electron chi connectivity index (χ1n) is 8.91. The van der Waals surface area contributed by atoms with Gasteiger partial charge in [0.1, 0.15) is 11.7 Å². The van der Waals surface area contributed by atoms with Crippen LogP contribution < -0.4 is 4.90 Å². The Bertz CT molecular complexity index is 1150. The van der Waals surface area contributed by atoms with Gasteiger partial charge >= 0.3 is 0 Å². The van der Waals surface area contributed by atoms with Crippen LogP contribution in [0.3, 0.4) is 0 Å². The molecule has 5 rings (SSSR count). The average molecular weight is 450 g/mol. The second-order valence-electron chi connectivity index (χ2n) is 6.80. The zero-order valence-corrected chi connectivity index (χ0v) is 17.4. The van der Waals surface area contributed by atoms with E-state index in [1.54, 1.807) is 11.3 Å². The van der Waals surface area contributed by atoms with E-state index in [0.29, 0.717) is 5.69 Å². The fourth-order valence-corrected chi connectivity index (χ4v) is 4.75. The fourth-order valence-electron chi connectivity index (χ4n) is 3.66. The molecule has 0 aliphatic carbocycles. The van der Waals surface area contributed by atoms with Gasteiger partial charge in [-0.2, -0.15) is 5.10 Å². The maximum absolute atomic E-state index is 13.3. The van der Waals surface area contributed by atoms with Crippen molar-refractivity contribution < 1.29 is 4.79 Å². The van der Waals surface area contributed by atoms with Crippen molar-refractivity contribution in [2.24, 2.45) is 0 Å². The predicted octanol–water partition coefficient (Wildman–Crippen LogP) is 5.96. The maximum atomic E-state index is 13.3. The SMILES string of the molecule is Cc1ccc(N2C(=O)c3[nH]nc(-c4ccc(Br)cc4)c3[C@H]2c2cccs2)cc1. The van der Waals surface area contributed by atoms with Crippen molar-refractivity contribution in [2.45, 2.75) is 13.0 Å². The number of aromatic nitrogens is 2. The van der Waals surface area contributed by atoms with Crippen LogP contribution in [0.25, 0.3) is 11.3 Å². The summed E-state index contributed by atoms with van der Waals surface area (Å²) in [6, 6.07) is 20.0. The van der Waals surface area contributed by atoms with E-state index < -0.39 is 0 Å². The van der Waals surface area contributed by atoms with Gasteiger partial charge in [0.2, 0.25) is 0 Å². The Labute approximate surface area is 175 Å². The van der Waals surface area contributed by atoms with E-state index in [4.69, 9.17) is 0 Å². The zero-order valence-electron chi connectivity index (χ0n) is 15.0. The molecular weight excluding hydrogens is 434 g/mol. The quantitative estimate of drug-likeness (QED) is 0.419. The highest BCUT2D eigenvalue weighted by Gasteiger charge is 2.43. The van der Waals surface area contributed by atoms with E-state index in [9.17, 15) is 4.79 Å². The minimum absolute atomic E-state index is 0.0480. The highest BCUT2D eigenvalue weighted by Crippen LogP contribution is 2.46. The lowest BCUT2D eigenvalue weighted by molar-refractivity contribution is 0.0989. The predicted molar refractivity (Wildman–Crippen MR) is 116 cm³/mol. The number of thiophene rings is 1. The fraction of sp³-hybridized carbons (Fsp3) is 0.0909. The summed E-state index contributed by atoms with van der Waals surface area (Å²) in [4.78, 5) is 16.3. The van der Waals surface area contributed by atoms with E-state index in [-0.39, 0.29) is 11.9 Å². The molecular formula is C22H16BrN3OS. The van der Waals surface area contributed by atoms with Gasteiger partial charge in [-0.15, -0.1) is 11.3 Å². The van der Waals surface area contributed by atoms with Crippen molar-refractivity contribution in [3.63, 3.8) is 0 Å². The number of fused-ring (bicyclic) bond motifs is 1. The lowest BCUT2D eigenvalue weighted by Crippen LogP contribution is -2.28. The summed E-state index contributed by atoms with van der Waals surface area (Å²) in [6.07, 6.45) is 0. The van der Waals surface area contributed by atoms with Gasteiger partial charge in [0.25, 0.3) is 5.91 Å². The zero-order chi connectivity index (χ0) is 19.3. The van der Waals surface area contributed by atoms with Crippen LogP contribution in [0.5, 0.6) is 0 Å². The van der Waals surface area contributed by atoms with Crippen LogP contribution in [0.2, 0.25) is 0 Å². The molecule has 1 amide bonds. The van der Waals surface area contributed by atoms with Gasteiger partial charge in [-0.25, -0.2) is 0 Å². The molecule has 1 aliphatic rings. The lowest BCUT2D eigenvalue weighted by Gasteiger charge is -2.25. The van der Waals surface area contributed by atoms with E-state index in [0.717, 1.165) is 31.9 Å². The second-order valence-corrected chi connectivity index (χ2v) is 8.69. The van der Waals surface area contributed by atoms with E-state index in [1.807, 2.05) is 71.8 Å². The molecule has 0 spiro atoms. The number of carbonyl (C=O) groups excluding carboxylic acids is 1. The number of nitrogens with zero attached hydrogens (tertiary/aromatic N) is 2. The van der Waals surface area contributed by atoms with Crippen LogP contribution in [0.15, 0.2) is 70.5 Å². The van der Waals surface area contributed by atoms with Crippen LogP contribution in [-0.4, -0.2) is 16.1 Å². The van der Waals surface area contributed by atoms with Gasteiger partial charge in [0.15, 0.2) is 0 Å². The Morgan fingerprint density at radius 2 is 1.82 bits per heavy atom. The molecule has 1 aliphatic heterocycles. The number of halogens is 1. The van der Waals surface area contributed by atoms with Crippen molar-refractivity contribution >= 4 is 38.9 Å². The van der Waals surface area contributed by atoms with Crippen LogP contribution in [-0.2, 0) is 0 Å². The summed E-state index contributed by atoms with van der Waals surface area (Å²) in [5.41, 5.74) is 5.37. The molecule has 4 nitrogen and oxygen atoms in total. The standard InChI is InChI=1S/C22H16BrN3OS/c1-13-4-10-16(11-5-13)26-21(17-3-2-12-28-17)18-19(24-25-20(18)22(26)27)14-6-8-15(23)9-7-14/h2-12,21H,1H3,(H,24,25)/t21-/m1/s1. The summed E-state index contributed by atoms with van der Waals surface area (Å²) in [7, 11) is 0. The smallest absolute Gasteiger partial charge is 0.277 e. The topological polar surface area (TPSA) is 49.0 Å². The van der Waals surface area contributed by atoms with Gasteiger partial charge in [0, 0.05) is 26.2 Å². The number of rotatable bonds is 3. The molecule has 2 aromatic carbocycles. The maximum Gasteiger partial charge on any atom is 0.277 e. The Hall–Kier alpha value is -2.70. The average Bonchev–Trinajstić information content (AvgIpc) is 3.42. The number of benzene rings is 2. The summed E-state index contributed by atoms with van der Waals surface area (Å²) < 4.78 is 1.01. The Morgan fingerprint density at radius 3 is 2.50 bits per heavy atom.